The van der Waals surface area contributed by atoms with Crippen molar-refractivity contribution in [1.82, 2.24) is 51.9 Å². The van der Waals surface area contributed by atoms with Crippen LogP contribution in [0, 0.1) is 0 Å². The molecule has 2 rings (SSSR count). The minimum Gasteiger partial charge on any atom is -0.336 e. The van der Waals surface area contributed by atoms with Crippen LogP contribution in [0.2, 0.25) is 0 Å². The van der Waals surface area contributed by atoms with Crippen molar-refractivity contribution in [1.29, 1.82) is 0 Å². The number of hydrogen-bond acceptors (Lipinski definition) is 14. The summed E-state index contributed by atoms with van der Waals surface area (Å²) >= 11 is 0. The normalized spacial score (nSPS) is 10.0. The highest BCUT2D eigenvalue weighted by Crippen LogP contribution is 2.05. The van der Waals surface area contributed by atoms with E-state index in [2.05, 4.69) is 25.8 Å². The molecule has 0 spiro atoms. The van der Waals surface area contributed by atoms with Crippen LogP contribution in [-0.4, -0.2) is 114 Å². The molecular formula is C27H33N11O11. The second-order valence-electron chi connectivity index (χ2n) is 9.51. The third-order valence-electron chi connectivity index (χ3n) is 5.76. The van der Waals surface area contributed by atoms with Crippen LogP contribution in [0.4, 0.5) is 4.79 Å². The second kappa shape index (κ2) is 20.0. The predicted molar refractivity (Wildman–Crippen MR) is 160 cm³/mol. The van der Waals surface area contributed by atoms with E-state index in [9.17, 15) is 48.8 Å². The van der Waals surface area contributed by atoms with Gasteiger partial charge in [-0.3, -0.25) is 64.5 Å². The molecule has 49 heavy (non-hydrogen) atoms. The summed E-state index contributed by atoms with van der Waals surface area (Å²) in [4.78, 5) is 103. The zero-order chi connectivity index (χ0) is 36.3. The number of urea groups is 1. The van der Waals surface area contributed by atoms with E-state index in [1.807, 2.05) is 16.0 Å². The van der Waals surface area contributed by atoms with Crippen molar-refractivity contribution >= 4 is 53.1 Å². The molecule has 0 unspecified atom stereocenters. The lowest BCUT2D eigenvalue weighted by molar-refractivity contribution is -0.171. The maximum atomic E-state index is 12.2. The van der Waals surface area contributed by atoms with Gasteiger partial charge in [-0.1, -0.05) is 12.1 Å². The van der Waals surface area contributed by atoms with E-state index in [1.54, 1.807) is 36.4 Å². The summed E-state index contributed by atoms with van der Waals surface area (Å²) in [6.07, 6.45) is 0.232. The van der Waals surface area contributed by atoms with E-state index >= 15 is 0 Å². The van der Waals surface area contributed by atoms with Gasteiger partial charge in [0, 0.05) is 32.2 Å². The summed E-state index contributed by atoms with van der Waals surface area (Å²) in [5.41, 5.74) is 3.18. The van der Waals surface area contributed by atoms with Gasteiger partial charge in [-0.15, -0.1) is 0 Å². The first-order chi connectivity index (χ1) is 23.3. The molecule has 2 aromatic heterocycles. The summed E-state index contributed by atoms with van der Waals surface area (Å²) < 4.78 is 0. The highest BCUT2D eigenvalue weighted by atomic mass is 16.5. The molecule has 2 heterocycles. The molecular weight excluding hydrogens is 654 g/mol. The summed E-state index contributed by atoms with van der Waals surface area (Å²) in [5, 5.41) is 40.9. The maximum absolute atomic E-state index is 12.2. The molecule has 22 heteroatoms. The molecule has 262 valence electrons. The van der Waals surface area contributed by atoms with Gasteiger partial charge in [0.05, 0.1) is 11.4 Å². The van der Waals surface area contributed by atoms with E-state index in [1.165, 1.54) is 12.4 Å². The first-order valence-electron chi connectivity index (χ1n) is 14.0. The fourth-order valence-electron chi connectivity index (χ4n) is 3.25. The zero-order valence-corrected chi connectivity index (χ0v) is 25.9. The highest BCUT2D eigenvalue weighted by molar-refractivity contribution is 6.10. The van der Waals surface area contributed by atoms with Gasteiger partial charge in [-0.05, 0) is 24.3 Å². The fraction of sp³-hybridized carbons (Fsp3) is 0.296. The van der Waals surface area contributed by atoms with E-state index in [0.29, 0.717) is 11.4 Å². The van der Waals surface area contributed by atoms with Gasteiger partial charge in [0.1, 0.15) is 38.6 Å². The minimum absolute atomic E-state index is 0.0124. The van der Waals surface area contributed by atoms with Gasteiger partial charge in [-0.2, -0.15) is 5.10 Å². The molecule has 0 aliphatic carbocycles. The molecule has 0 saturated carbocycles. The quantitative estimate of drug-likeness (QED) is 0.0298. The summed E-state index contributed by atoms with van der Waals surface area (Å²) in [6, 6.07) is 9.07. The standard InChI is InChI=1S/C27H33N11O11/c1-17(39)36(47)14-31-22(42)12-25(45)38(49)16-32-23(43)13-24(44)37(48)15-30-20(40)8-9-21(41)33-27(46)35-34-26(18-6-2-4-10-28-18)19-7-3-5-11-29-19/h2-7,10-11,47-49H,8-9,12-16H2,1H3,(H,30,40)(H,31,42)(H,32,43)(H2,33,35,41,46). The smallest absolute Gasteiger partial charge is 0.336 e. The van der Waals surface area contributed by atoms with E-state index in [4.69, 9.17) is 5.21 Å². The number of amides is 9. The Morgan fingerprint density at radius 3 is 1.55 bits per heavy atom. The number of carbonyl (C=O) groups excluding carboxylic acids is 8. The van der Waals surface area contributed by atoms with Crippen molar-refractivity contribution in [3.8, 4) is 0 Å². The van der Waals surface area contributed by atoms with Gasteiger partial charge in [0.25, 0.3) is 11.8 Å². The molecule has 0 aromatic carbocycles. The van der Waals surface area contributed by atoms with Crippen LogP contribution in [0.3, 0.4) is 0 Å². The summed E-state index contributed by atoms with van der Waals surface area (Å²) in [6.45, 7) is -1.22. The lowest BCUT2D eigenvalue weighted by Crippen LogP contribution is -2.44. The molecule has 2 aromatic rings. The molecule has 0 bridgehead atoms. The molecule has 8 N–H and O–H groups in total. The number of pyridine rings is 2. The lowest BCUT2D eigenvalue weighted by Gasteiger charge is -2.18. The van der Waals surface area contributed by atoms with E-state index < -0.39 is 93.1 Å². The number of nitrogens with one attached hydrogen (secondary N) is 5. The van der Waals surface area contributed by atoms with Crippen molar-refractivity contribution in [2.75, 3.05) is 20.0 Å². The summed E-state index contributed by atoms with van der Waals surface area (Å²) in [7, 11) is 0. The number of hydrazone groups is 1. The Balaban J connectivity index is 1.68. The Morgan fingerprint density at radius 2 is 1.10 bits per heavy atom. The lowest BCUT2D eigenvalue weighted by atomic mass is 10.1. The minimum atomic E-state index is -1.20. The third-order valence-corrected chi connectivity index (χ3v) is 5.76. The number of imide groups is 1. The van der Waals surface area contributed by atoms with Crippen LogP contribution in [0.25, 0.3) is 0 Å². The van der Waals surface area contributed by atoms with Crippen molar-refractivity contribution in [3.05, 3.63) is 60.2 Å². The van der Waals surface area contributed by atoms with Gasteiger partial charge in [0.2, 0.25) is 29.5 Å². The van der Waals surface area contributed by atoms with Crippen molar-refractivity contribution in [2.24, 2.45) is 5.10 Å². The molecule has 0 fully saturated rings. The molecule has 22 nitrogen and oxygen atoms in total. The molecule has 0 aliphatic heterocycles. The Hall–Kier alpha value is -6.39. The molecule has 0 aliphatic rings. The van der Waals surface area contributed by atoms with Crippen LogP contribution < -0.4 is 26.7 Å². The first kappa shape index (κ1) is 38.8. The van der Waals surface area contributed by atoms with Crippen LogP contribution in [0.1, 0.15) is 44.0 Å². The number of rotatable bonds is 16. The zero-order valence-electron chi connectivity index (χ0n) is 25.9. The van der Waals surface area contributed by atoms with Crippen LogP contribution >= 0.6 is 0 Å². The fourth-order valence-corrected chi connectivity index (χ4v) is 3.25. The topological polar surface area (TPSA) is 305 Å². The van der Waals surface area contributed by atoms with Crippen molar-refractivity contribution in [2.45, 2.75) is 32.6 Å². The Kier molecular flexibility index (Phi) is 15.8. The van der Waals surface area contributed by atoms with E-state index in [-0.39, 0.29) is 20.9 Å². The largest absolute Gasteiger partial charge is 0.341 e. The number of nitrogens with zero attached hydrogens (tertiary/aromatic N) is 6. The first-order valence-corrected chi connectivity index (χ1v) is 14.0. The molecule has 9 amide bonds. The van der Waals surface area contributed by atoms with Gasteiger partial charge in [0.15, 0.2) is 0 Å². The SMILES string of the molecule is CC(=O)N(O)CNC(=O)CC(=O)N(O)CNC(=O)CC(=O)N(O)CNC(=O)CCC(=O)NC(=O)NN=C(c1ccccn1)c1ccccn1. The number of hydroxylamine groups is 6. The van der Waals surface area contributed by atoms with Crippen LogP contribution in [0.15, 0.2) is 53.9 Å². The van der Waals surface area contributed by atoms with Crippen molar-refractivity contribution in [3.63, 3.8) is 0 Å². The summed E-state index contributed by atoms with van der Waals surface area (Å²) in [5.74, 6) is -6.83. The van der Waals surface area contributed by atoms with Gasteiger partial charge in [-0.25, -0.2) is 25.4 Å². The second-order valence-corrected chi connectivity index (χ2v) is 9.51. The van der Waals surface area contributed by atoms with Crippen molar-refractivity contribution < 1.29 is 54.0 Å². The van der Waals surface area contributed by atoms with Crippen LogP contribution in [-0.2, 0) is 33.6 Å². The van der Waals surface area contributed by atoms with Crippen LogP contribution in [0.5, 0.6) is 0 Å². The Morgan fingerprint density at radius 1 is 0.653 bits per heavy atom. The number of hydrogen-bond donors (Lipinski definition) is 8. The van der Waals surface area contributed by atoms with Gasteiger partial charge >= 0.3 is 6.03 Å². The number of aromatic nitrogens is 2. The Bertz CT molecular complexity index is 1500. The molecule has 0 saturated heterocycles. The predicted octanol–water partition coefficient (Wildman–Crippen LogP) is -2.49. The monoisotopic (exact) mass is 687 g/mol. The van der Waals surface area contributed by atoms with Gasteiger partial charge < -0.3 is 16.0 Å². The average Bonchev–Trinajstić information content (AvgIpc) is 3.08. The van der Waals surface area contributed by atoms with E-state index in [0.717, 1.165) is 6.92 Å². The Labute approximate surface area is 277 Å². The number of carbonyl (C=O) groups is 8. The molecule has 0 atom stereocenters. The highest BCUT2D eigenvalue weighted by Gasteiger charge is 2.20. The average molecular weight is 688 g/mol. The molecule has 0 radical (unpaired) electrons. The maximum Gasteiger partial charge on any atom is 0.341 e. The third kappa shape index (κ3) is 14.7.